The van der Waals surface area contributed by atoms with Gasteiger partial charge in [-0.05, 0) is 36.1 Å². The van der Waals surface area contributed by atoms with Crippen molar-refractivity contribution in [3.8, 4) is 5.75 Å². The Labute approximate surface area is 160 Å². The van der Waals surface area contributed by atoms with Crippen molar-refractivity contribution in [1.29, 1.82) is 0 Å². The van der Waals surface area contributed by atoms with Gasteiger partial charge in [0.2, 0.25) is 0 Å². The summed E-state index contributed by atoms with van der Waals surface area (Å²) < 4.78 is 5.64. The minimum atomic E-state index is -1.04. The number of aliphatic carboxylic acids is 1. The molecule has 0 saturated carbocycles. The molecule has 4 heteroatoms. The van der Waals surface area contributed by atoms with Crippen molar-refractivity contribution in [2.75, 3.05) is 6.61 Å². The second-order valence-corrected chi connectivity index (χ2v) is 5.31. The number of carbonyl (C=O) groups is 1. The van der Waals surface area contributed by atoms with Crippen LogP contribution in [0.4, 0.5) is 0 Å². The van der Waals surface area contributed by atoms with Gasteiger partial charge >= 0.3 is 29.6 Å². The van der Waals surface area contributed by atoms with E-state index in [1.54, 1.807) is 0 Å². The molecule has 0 aliphatic rings. The minimum Gasteiger partial charge on any atom is -0.550 e. The first-order chi connectivity index (χ1) is 10.7. The summed E-state index contributed by atoms with van der Waals surface area (Å²) in [6, 6.07) is 17.3. The van der Waals surface area contributed by atoms with Crippen LogP contribution in [0.15, 0.2) is 54.6 Å². The van der Waals surface area contributed by atoms with Crippen molar-refractivity contribution < 1.29 is 44.2 Å². The molecule has 1 unspecified atom stereocenters. The van der Waals surface area contributed by atoms with Gasteiger partial charge in [-0.25, -0.2) is 0 Å². The molecule has 2 aromatic rings. The molecule has 0 bridgehead atoms. The molecule has 3 nitrogen and oxygen atoms in total. The fourth-order valence-electron chi connectivity index (χ4n) is 2.41. The predicted molar refractivity (Wildman–Crippen MR) is 84.8 cm³/mol. The van der Waals surface area contributed by atoms with Crippen molar-refractivity contribution in [2.45, 2.75) is 32.1 Å². The molecule has 2 rings (SSSR count). The van der Waals surface area contributed by atoms with E-state index < -0.39 is 5.97 Å². The molecule has 0 fully saturated rings. The summed E-state index contributed by atoms with van der Waals surface area (Å²) in [7, 11) is 0. The van der Waals surface area contributed by atoms with Crippen molar-refractivity contribution in [2.24, 2.45) is 0 Å². The molecular formula is C19H21NaO3. The van der Waals surface area contributed by atoms with E-state index in [1.807, 2.05) is 54.6 Å². The van der Waals surface area contributed by atoms with Crippen molar-refractivity contribution >= 4 is 5.97 Å². The monoisotopic (exact) mass is 320 g/mol. The van der Waals surface area contributed by atoms with Crippen molar-refractivity contribution in [1.82, 2.24) is 0 Å². The zero-order chi connectivity index (χ0) is 15.8. The number of carboxylic acids is 1. The maximum Gasteiger partial charge on any atom is 1.00 e. The van der Waals surface area contributed by atoms with E-state index in [0.717, 1.165) is 29.7 Å². The Morgan fingerprint density at radius 3 is 2.22 bits per heavy atom. The molecule has 116 valence electrons. The average molecular weight is 320 g/mol. The molecule has 0 aliphatic heterocycles. The van der Waals surface area contributed by atoms with Gasteiger partial charge in [0, 0.05) is 11.9 Å². The van der Waals surface area contributed by atoms with Crippen LogP contribution in [0.3, 0.4) is 0 Å². The zero-order valence-electron chi connectivity index (χ0n) is 13.8. The molecule has 0 N–H and O–H groups in total. The maximum absolute atomic E-state index is 11.1. The van der Waals surface area contributed by atoms with Crippen LogP contribution < -0.4 is 39.4 Å². The van der Waals surface area contributed by atoms with Gasteiger partial charge in [0.25, 0.3) is 0 Å². The molecule has 0 aromatic heterocycles. The molecule has 23 heavy (non-hydrogen) atoms. The van der Waals surface area contributed by atoms with Crippen LogP contribution in [0.1, 0.15) is 43.2 Å². The summed E-state index contributed by atoms with van der Waals surface area (Å²) in [5.74, 6) is -0.425. The largest absolute Gasteiger partial charge is 1.00 e. The molecule has 0 radical (unpaired) electrons. The maximum atomic E-state index is 11.1. The van der Waals surface area contributed by atoms with E-state index in [-0.39, 0.29) is 41.9 Å². The Bertz CT molecular complexity index is 581. The third kappa shape index (κ3) is 6.38. The van der Waals surface area contributed by atoms with Crippen LogP contribution >= 0.6 is 0 Å². The van der Waals surface area contributed by atoms with Gasteiger partial charge in [-0.2, -0.15) is 0 Å². The van der Waals surface area contributed by atoms with Crippen molar-refractivity contribution in [3.05, 3.63) is 65.7 Å². The number of ether oxygens (including phenoxy) is 1. The smallest absolute Gasteiger partial charge is 0.550 e. The standard InChI is InChI=1S/C19H22O3.Na/c1-2-3-13-22-17-11-9-16(10-12-17)18(14-19(20)21)15-7-5-4-6-8-15;/h4-12,18H,2-3,13-14H2,1H3,(H,20,21);/q;+1/p-1. The second-order valence-electron chi connectivity index (χ2n) is 5.31. The first kappa shape index (κ1) is 19.8. The number of hydrogen-bond acceptors (Lipinski definition) is 3. The first-order valence-electron chi connectivity index (χ1n) is 7.68. The molecule has 0 amide bonds. The summed E-state index contributed by atoms with van der Waals surface area (Å²) in [4.78, 5) is 11.1. The quantitative estimate of drug-likeness (QED) is 0.514. The fourth-order valence-corrected chi connectivity index (χ4v) is 2.41. The zero-order valence-corrected chi connectivity index (χ0v) is 15.8. The van der Waals surface area contributed by atoms with Gasteiger partial charge in [0.05, 0.1) is 6.61 Å². The first-order valence-corrected chi connectivity index (χ1v) is 7.68. The average Bonchev–Trinajstić information content (AvgIpc) is 2.54. The number of hydrogen-bond donors (Lipinski definition) is 0. The third-order valence-electron chi connectivity index (χ3n) is 3.62. The minimum absolute atomic E-state index is 0. The van der Waals surface area contributed by atoms with E-state index in [4.69, 9.17) is 4.74 Å². The number of carboxylic acid groups (broad SMARTS) is 1. The molecule has 1 atom stereocenters. The molecule has 0 heterocycles. The number of benzene rings is 2. The summed E-state index contributed by atoms with van der Waals surface area (Å²) in [6.45, 7) is 2.83. The van der Waals surface area contributed by atoms with Gasteiger partial charge in [0.1, 0.15) is 5.75 Å². The van der Waals surface area contributed by atoms with Gasteiger partial charge in [-0.15, -0.1) is 0 Å². The third-order valence-corrected chi connectivity index (χ3v) is 3.62. The van der Waals surface area contributed by atoms with E-state index in [1.165, 1.54) is 0 Å². The van der Waals surface area contributed by atoms with Gasteiger partial charge in [0.15, 0.2) is 0 Å². The van der Waals surface area contributed by atoms with Gasteiger partial charge < -0.3 is 14.6 Å². The van der Waals surface area contributed by atoms with E-state index >= 15 is 0 Å². The Morgan fingerprint density at radius 2 is 1.65 bits per heavy atom. The summed E-state index contributed by atoms with van der Waals surface area (Å²) in [5.41, 5.74) is 1.93. The predicted octanol–water partition coefficient (Wildman–Crippen LogP) is 0.141. The van der Waals surface area contributed by atoms with E-state index in [9.17, 15) is 9.90 Å². The Balaban J connectivity index is 0.00000264. The van der Waals surface area contributed by atoms with E-state index in [0.29, 0.717) is 6.61 Å². The number of rotatable bonds is 8. The van der Waals surface area contributed by atoms with Gasteiger partial charge in [-0.3, -0.25) is 0 Å². The Morgan fingerprint density at radius 1 is 1.04 bits per heavy atom. The Kier molecular flexibility index (Phi) is 9.00. The topological polar surface area (TPSA) is 49.4 Å². The van der Waals surface area contributed by atoms with Crippen LogP contribution in [0.5, 0.6) is 5.75 Å². The number of unbranched alkanes of at least 4 members (excludes halogenated alkanes) is 1. The van der Waals surface area contributed by atoms with Crippen LogP contribution in [0.2, 0.25) is 0 Å². The normalized spacial score (nSPS) is 11.3. The second kappa shape index (κ2) is 10.5. The van der Waals surface area contributed by atoms with Crippen LogP contribution in [-0.4, -0.2) is 12.6 Å². The summed E-state index contributed by atoms with van der Waals surface area (Å²) >= 11 is 0. The molecule has 0 saturated heterocycles. The summed E-state index contributed by atoms with van der Waals surface area (Å²) in [6.07, 6.45) is 2.10. The number of carbonyl (C=O) groups excluding carboxylic acids is 1. The SMILES string of the molecule is CCCCOc1ccc(C(CC(=O)[O-])c2ccccc2)cc1.[Na+]. The van der Waals surface area contributed by atoms with Crippen LogP contribution in [0.25, 0.3) is 0 Å². The Hall–Kier alpha value is -1.29. The molecular weight excluding hydrogens is 299 g/mol. The van der Waals surface area contributed by atoms with E-state index in [2.05, 4.69) is 6.92 Å². The fraction of sp³-hybridized carbons (Fsp3) is 0.316. The van der Waals surface area contributed by atoms with Crippen LogP contribution in [0, 0.1) is 0 Å². The van der Waals surface area contributed by atoms with Crippen molar-refractivity contribution in [3.63, 3.8) is 0 Å². The van der Waals surface area contributed by atoms with Gasteiger partial charge in [-0.1, -0.05) is 55.8 Å². The molecule has 2 aromatic carbocycles. The van der Waals surface area contributed by atoms with Crippen LogP contribution in [-0.2, 0) is 4.79 Å². The molecule has 0 spiro atoms. The summed E-state index contributed by atoms with van der Waals surface area (Å²) in [5, 5.41) is 11.1. The molecule has 0 aliphatic carbocycles.